The van der Waals surface area contributed by atoms with Gasteiger partial charge in [0.1, 0.15) is 13.2 Å². The fraction of sp³-hybridized carbons (Fsp3) is 0.843. The van der Waals surface area contributed by atoms with E-state index < -0.39 is 6.10 Å². The Hall–Kier alpha value is -2.63. The van der Waals surface area contributed by atoms with Gasteiger partial charge < -0.3 is 14.2 Å². The van der Waals surface area contributed by atoms with Crippen LogP contribution in [0.25, 0.3) is 0 Å². The summed E-state index contributed by atoms with van der Waals surface area (Å²) >= 11 is 0. The minimum Gasteiger partial charge on any atom is -0.462 e. The smallest absolute Gasteiger partial charge is 0.306 e. The molecule has 1 atom stereocenters. The SMILES string of the molecule is CCCCCCC/C=C\C/C=C\C/C=C\CCCCCCCCC(=O)OCC(COC(=O)CCCCCCCCC/C=C\CCCCCCCC)OC(=O)CCCCCCCCCCCCCCCCCCCCCC. The van der Waals surface area contributed by atoms with Gasteiger partial charge in [-0.2, -0.15) is 0 Å². The third kappa shape index (κ3) is 62.2. The van der Waals surface area contributed by atoms with Crippen molar-refractivity contribution in [1.29, 1.82) is 0 Å². The molecule has 0 heterocycles. The van der Waals surface area contributed by atoms with Crippen LogP contribution >= 0.6 is 0 Å². The molecule has 0 N–H and O–H groups in total. The third-order valence-electron chi connectivity index (χ3n) is 15.1. The highest BCUT2D eigenvalue weighted by molar-refractivity contribution is 5.71. The number of carbonyl (C=O) groups is 3. The van der Waals surface area contributed by atoms with Crippen LogP contribution in [0, 0.1) is 0 Å². The lowest BCUT2D eigenvalue weighted by atomic mass is 10.0. The first-order valence-electron chi connectivity index (χ1n) is 33.6. The van der Waals surface area contributed by atoms with E-state index in [1.54, 1.807) is 0 Å². The van der Waals surface area contributed by atoms with Crippen LogP contribution in [0.15, 0.2) is 48.6 Å². The van der Waals surface area contributed by atoms with Gasteiger partial charge in [0.2, 0.25) is 0 Å². The highest BCUT2D eigenvalue weighted by Crippen LogP contribution is 2.17. The van der Waals surface area contributed by atoms with Crippen LogP contribution in [0.2, 0.25) is 0 Å². The molecule has 6 nitrogen and oxygen atoms in total. The van der Waals surface area contributed by atoms with E-state index in [4.69, 9.17) is 14.2 Å². The van der Waals surface area contributed by atoms with Crippen LogP contribution < -0.4 is 0 Å². The van der Waals surface area contributed by atoms with Crippen molar-refractivity contribution in [3.05, 3.63) is 48.6 Å². The summed E-state index contributed by atoms with van der Waals surface area (Å²) in [5.74, 6) is -0.868. The van der Waals surface area contributed by atoms with Crippen LogP contribution in [0.5, 0.6) is 0 Å². The predicted octanol–water partition coefficient (Wildman–Crippen LogP) is 22.9. The van der Waals surface area contributed by atoms with Crippen molar-refractivity contribution in [2.75, 3.05) is 13.2 Å². The first kappa shape index (κ1) is 73.4. The maximum atomic E-state index is 12.9. The second-order valence-corrected chi connectivity index (χ2v) is 22.7. The second kappa shape index (κ2) is 64.9. The Morgan fingerprint density at radius 3 is 0.750 bits per heavy atom. The van der Waals surface area contributed by atoms with Crippen LogP contribution in [0.1, 0.15) is 361 Å². The molecular formula is C70H128O6. The molecule has 0 rings (SSSR count). The van der Waals surface area contributed by atoms with Gasteiger partial charge in [-0.05, 0) is 83.5 Å². The number of unbranched alkanes of at least 4 members (excludes halogenated alkanes) is 43. The van der Waals surface area contributed by atoms with Crippen molar-refractivity contribution in [3.63, 3.8) is 0 Å². The number of carbonyl (C=O) groups excluding carboxylic acids is 3. The summed E-state index contributed by atoms with van der Waals surface area (Å²) in [4.78, 5) is 38.4. The van der Waals surface area contributed by atoms with Crippen LogP contribution in [0.4, 0.5) is 0 Å². The first-order valence-corrected chi connectivity index (χ1v) is 33.6. The lowest BCUT2D eigenvalue weighted by Crippen LogP contribution is -2.30. The Kier molecular flexibility index (Phi) is 62.6. The molecule has 0 spiro atoms. The highest BCUT2D eigenvalue weighted by atomic mass is 16.6. The molecule has 0 aliphatic heterocycles. The van der Waals surface area contributed by atoms with Crippen molar-refractivity contribution in [2.24, 2.45) is 0 Å². The fourth-order valence-corrected chi connectivity index (χ4v) is 9.98. The molecule has 0 aromatic rings. The van der Waals surface area contributed by atoms with E-state index in [-0.39, 0.29) is 31.1 Å². The molecule has 0 aliphatic carbocycles. The number of esters is 3. The van der Waals surface area contributed by atoms with Gasteiger partial charge in [-0.25, -0.2) is 0 Å². The zero-order valence-electron chi connectivity index (χ0n) is 51.0. The molecular weight excluding hydrogens is 937 g/mol. The van der Waals surface area contributed by atoms with Crippen molar-refractivity contribution >= 4 is 17.9 Å². The molecule has 444 valence electrons. The Bertz CT molecular complexity index is 1310. The zero-order chi connectivity index (χ0) is 55.0. The summed E-state index contributed by atoms with van der Waals surface area (Å²) in [6.07, 6.45) is 81.2. The molecule has 0 aromatic heterocycles. The van der Waals surface area contributed by atoms with Crippen LogP contribution in [-0.4, -0.2) is 37.2 Å². The average Bonchev–Trinajstić information content (AvgIpc) is 3.42. The zero-order valence-corrected chi connectivity index (χ0v) is 51.0. The quantitative estimate of drug-likeness (QED) is 0.0261. The van der Waals surface area contributed by atoms with Gasteiger partial charge in [0.05, 0.1) is 0 Å². The lowest BCUT2D eigenvalue weighted by molar-refractivity contribution is -0.167. The minimum absolute atomic E-state index is 0.0760. The Morgan fingerprint density at radius 2 is 0.474 bits per heavy atom. The second-order valence-electron chi connectivity index (χ2n) is 22.7. The number of hydrogen-bond donors (Lipinski definition) is 0. The number of ether oxygens (including phenoxy) is 3. The summed E-state index contributed by atoms with van der Waals surface area (Å²) in [6.45, 7) is 6.67. The van der Waals surface area contributed by atoms with E-state index in [0.29, 0.717) is 19.3 Å². The van der Waals surface area contributed by atoms with Crippen LogP contribution in [-0.2, 0) is 28.6 Å². The van der Waals surface area contributed by atoms with E-state index >= 15 is 0 Å². The highest BCUT2D eigenvalue weighted by Gasteiger charge is 2.19. The van der Waals surface area contributed by atoms with Crippen molar-refractivity contribution < 1.29 is 28.6 Å². The number of hydrogen-bond acceptors (Lipinski definition) is 6. The van der Waals surface area contributed by atoms with Crippen molar-refractivity contribution in [1.82, 2.24) is 0 Å². The van der Waals surface area contributed by atoms with E-state index in [1.807, 2.05) is 0 Å². The first-order chi connectivity index (χ1) is 37.5. The topological polar surface area (TPSA) is 78.9 Å². The molecule has 0 aliphatic rings. The van der Waals surface area contributed by atoms with Gasteiger partial charge in [0.25, 0.3) is 0 Å². The Labute approximate surface area is 473 Å². The maximum Gasteiger partial charge on any atom is 0.306 e. The molecule has 0 aromatic carbocycles. The summed E-state index contributed by atoms with van der Waals surface area (Å²) in [5, 5.41) is 0. The van der Waals surface area contributed by atoms with E-state index in [2.05, 4.69) is 69.4 Å². The Morgan fingerprint density at radius 1 is 0.263 bits per heavy atom. The molecule has 0 radical (unpaired) electrons. The summed E-state index contributed by atoms with van der Waals surface area (Å²) < 4.78 is 17.0. The molecule has 0 fully saturated rings. The normalized spacial score (nSPS) is 12.3. The van der Waals surface area contributed by atoms with Crippen molar-refractivity contribution in [3.8, 4) is 0 Å². The van der Waals surface area contributed by atoms with Gasteiger partial charge in [-0.1, -0.05) is 307 Å². The van der Waals surface area contributed by atoms with Gasteiger partial charge in [0, 0.05) is 19.3 Å². The monoisotopic (exact) mass is 1060 g/mol. The molecule has 0 saturated heterocycles. The van der Waals surface area contributed by atoms with Gasteiger partial charge in [-0.15, -0.1) is 0 Å². The lowest BCUT2D eigenvalue weighted by Gasteiger charge is -2.18. The van der Waals surface area contributed by atoms with Gasteiger partial charge in [0.15, 0.2) is 6.10 Å². The summed E-state index contributed by atoms with van der Waals surface area (Å²) in [6, 6.07) is 0. The molecule has 0 amide bonds. The summed E-state index contributed by atoms with van der Waals surface area (Å²) in [5.41, 5.74) is 0. The van der Waals surface area contributed by atoms with E-state index in [0.717, 1.165) is 77.0 Å². The Balaban J connectivity index is 4.36. The van der Waals surface area contributed by atoms with Gasteiger partial charge in [-0.3, -0.25) is 14.4 Å². The number of allylic oxidation sites excluding steroid dienone is 8. The molecule has 0 saturated carbocycles. The van der Waals surface area contributed by atoms with Crippen LogP contribution in [0.3, 0.4) is 0 Å². The summed E-state index contributed by atoms with van der Waals surface area (Å²) in [7, 11) is 0. The maximum absolute atomic E-state index is 12.9. The standard InChI is InChI=1S/C70H128O6/c1-4-7-10-13-16-19-22-25-28-31-33-35-37-39-42-45-48-51-54-57-60-63-69(72)75-66-67(65-74-68(71)62-59-56-53-50-47-44-41-38-30-27-24-21-18-15-12-9-6-3)76-70(73)64-61-58-55-52-49-46-43-40-36-34-32-29-26-23-20-17-14-11-8-5-2/h22,25,27,30-31,33,37,39,67H,4-21,23-24,26,28-29,32,34-36,38,40-66H2,1-3H3/b25-22-,30-27-,33-31-,39-37-. The minimum atomic E-state index is -0.780. The fourth-order valence-electron chi connectivity index (χ4n) is 9.98. The largest absolute Gasteiger partial charge is 0.462 e. The molecule has 1 unspecified atom stereocenters. The van der Waals surface area contributed by atoms with E-state index in [1.165, 1.54) is 244 Å². The average molecular weight is 1070 g/mol. The molecule has 0 bridgehead atoms. The molecule has 76 heavy (non-hydrogen) atoms. The third-order valence-corrected chi connectivity index (χ3v) is 15.1. The van der Waals surface area contributed by atoms with Crippen molar-refractivity contribution in [2.45, 2.75) is 367 Å². The van der Waals surface area contributed by atoms with Gasteiger partial charge >= 0.3 is 17.9 Å². The van der Waals surface area contributed by atoms with E-state index in [9.17, 15) is 14.4 Å². The predicted molar refractivity (Wildman–Crippen MR) is 330 cm³/mol. The molecule has 6 heteroatoms. The number of rotatable bonds is 62.